The second-order valence-corrected chi connectivity index (χ2v) is 6.55. The second-order valence-electron chi connectivity index (χ2n) is 5.52. The van der Waals surface area contributed by atoms with E-state index in [4.69, 9.17) is 4.74 Å². The fourth-order valence-corrected chi connectivity index (χ4v) is 3.32. The number of carbonyl (C=O) groups is 2. The van der Waals surface area contributed by atoms with Crippen molar-refractivity contribution in [1.29, 1.82) is 0 Å². The number of carbonyl (C=O) groups excluding carboxylic acids is 2. The molecule has 0 aliphatic carbocycles. The number of imidazole rings is 1. The standard InChI is InChI=1S/C16H20N4O3S/c1-2-23-10-15(21)19-8-12-6-17-11-20(12)14(9-19)16(22)18-7-13-4-3-5-24-13/h3-6,11,14H,2,7-10H2,1H3,(H,18,22)/t14-/m1/s1. The van der Waals surface area contributed by atoms with Gasteiger partial charge in [0.1, 0.15) is 12.6 Å². The van der Waals surface area contributed by atoms with Gasteiger partial charge in [-0.25, -0.2) is 4.98 Å². The molecular weight excluding hydrogens is 328 g/mol. The predicted molar refractivity (Wildman–Crippen MR) is 89.3 cm³/mol. The highest BCUT2D eigenvalue weighted by Gasteiger charge is 2.32. The van der Waals surface area contributed by atoms with Crippen molar-refractivity contribution in [3.05, 3.63) is 40.6 Å². The van der Waals surface area contributed by atoms with E-state index >= 15 is 0 Å². The van der Waals surface area contributed by atoms with E-state index in [9.17, 15) is 9.59 Å². The first-order chi connectivity index (χ1) is 11.7. The molecule has 1 N–H and O–H groups in total. The third-order valence-corrected chi connectivity index (χ3v) is 4.81. The lowest BCUT2D eigenvalue weighted by Gasteiger charge is -2.33. The molecule has 3 rings (SSSR count). The van der Waals surface area contributed by atoms with Gasteiger partial charge in [0, 0.05) is 17.7 Å². The highest BCUT2D eigenvalue weighted by Crippen LogP contribution is 2.21. The van der Waals surface area contributed by atoms with E-state index in [0.717, 1.165) is 10.6 Å². The first-order valence-corrected chi connectivity index (χ1v) is 8.73. The second kappa shape index (κ2) is 7.59. The molecule has 7 nitrogen and oxygen atoms in total. The van der Waals surface area contributed by atoms with Gasteiger partial charge in [-0.1, -0.05) is 6.07 Å². The van der Waals surface area contributed by atoms with Crippen LogP contribution in [-0.4, -0.2) is 46.0 Å². The Morgan fingerprint density at radius 3 is 3.12 bits per heavy atom. The molecule has 24 heavy (non-hydrogen) atoms. The van der Waals surface area contributed by atoms with E-state index < -0.39 is 6.04 Å². The molecule has 0 saturated carbocycles. The van der Waals surface area contributed by atoms with Crippen molar-refractivity contribution in [3.8, 4) is 0 Å². The van der Waals surface area contributed by atoms with Gasteiger partial charge in [0.25, 0.3) is 0 Å². The maximum absolute atomic E-state index is 12.6. The number of fused-ring (bicyclic) bond motifs is 1. The molecule has 3 heterocycles. The van der Waals surface area contributed by atoms with Gasteiger partial charge in [-0.15, -0.1) is 11.3 Å². The van der Waals surface area contributed by atoms with Crippen LogP contribution in [0.3, 0.4) is 0 Å². The summed E-state index contributed by atoms with van der Waals surface area (Å²) in [5.41, 5.74) is 0.849. The molecule has 0 fully saturated rings. The zero-order valence-electron chi connectivity index (χ0n) is 13.5. The van der Waals surface area contributed by atoms with Crippen molar-refractivity contribution in [2.75, 3.05) is 19.8 Å². The molecule has 1 atom stereocenters. The topological polar surface area (TPSA) is 76.5 Å². The molecule has 0 unspecified atom stereocenters. The van der Waals surface area contributed by atoms with Crippen LogP contribution in [0, 0.1) is 0 Å². The lowest BCUT2D eigenvalue weighted by Crippen LogP contribution is -2.47. The van der Waals surface area contributed by atoms with Crippen LogP contribution >= 0.6 is 11.3 Å². The number of ether oxygens (including phenoxy) is 1. The minimum atomic E-state index is -0.471. The maximum Gasteiger partial charge on any atom is 0.249 e. The highest BCUT2D eigenvalue weighted by atomic mass is 32.1. The minimum Gasteiger partial charge on any atom is -0.372 e. The number of amides is 2. The van der Waals surface area contributed by atoms with Crippen molar-refractivity contribution in [2.45, 2.75) is 26.1 Å². The molecule has 128 valence electrons. The SMILES string of the molecule is CCOCC(=O)N1Cc2cncn2[C@@H](C(=O)NCc2cccs2)C1. The van der Waals surface area contributed by atoms with Gasteiger partial charge in [0.05, 0.1) is 31.7 Å². The summed E-state index contributed by atoms with van der Waals surface area (Å²) < 4.78 is 7.04. The largest absolute Gasteiger partial charge is 0.372 e. The van der Waals surface area contributed by atoms with Gasteiger partial charge in [0.15, 0.2) is 0 Å². The Bertz CT molecular complexity index is 698. The average Bonchev–Trinajstić information content (AvgIpc) is 3.27. The van der Waals surface area contributed by atoms with Crippen LogP contribution in [0.25, 0.3) is 0 Å². The predicted octanol–water partition coefficient (Wildman–Crippen LogP) is 1.18. The summed E-state index contributed by atoms with van der Waals surface area (Å²) in [7, 11) is 0. The quantitative estimate of drug-likeness (QED) is 0.850. The molecule has 2 aromatic heterocycles. The van der Waals surface area contributed by atoms with Crippen molar-refractivity contribution in [2.24, 2.45) is 0 Å². The van der Waals surface area contributed by atoms with Gasteiger partial charge in [-0.05, 0) is 18.4 Å². The van der Waals surface area contributed by atoms with E-state index in [2.05, 4.69) is 10.3 Å². The fraction of sp³-hybridized carbons (Fsp3) is 0.438. The molecule has 1 aliphatic heterocycles. The number of nitrogens with one attached hydrogen (secondary N) is 1. The van der Waals surface area contributed by atoms with Gasteiger partial charge in [-0.3, -0.25) is 9.59 Å². The Balaban J connectivity index is 1.69. The molecule has 0 radical (unpaired) electrons. The zero-order valence-corrected chi connectivity index (χ0v) is 14.3. The molecule has 0 bridgehead atoms. The van der Waals surface area contributed by atoms with Gasteiger partial charge < -0.3 is 19.5 Å². The van der Waals surface area contributed by atoms with E-state index in [1.54, 1.807) is 28.8 Å². The van der Waals surface area contributed by atoms with Crippen LogP contribution in [0.5, 0.6) is 0 Å². The molecule has 1 aliphatic rings. The van der Waals surface area contributed by atoms with Crippen molar-refractivity contribution < 1.29 is 14.3 Å². The fourth-order valence-electron chi connectivity index (χ4n) is 2.68. The number of nitrogens with zero attached hydrogens (tertiary/aromatic N) is 3. The summed E-state index contributed by atoms with van der Waals surface area (Å²) in [4.78, 5) is 31.7. The molecule has 0 spiro atoms. The Morgan fingerprint density at radius 2 is 2.38 bits per heavy atom. The first kappa shape index (κ1) is 16.7. The van der Waals surface area contributed by atoms with E-state index in [0.29, 0.717) is 26.2 Å². The molecule has 0 aromatic carbocycles. The lowest BCUT2D eigenvalue weighted by molar-refractivity contribution is -0.139. The monoisotopic (exact) mass is 348 g/mol. The third-order valence-electron chi connectivity index (χ3n) is 3.93. The van der Waals surface area contributed by atoms with Crippen molar-refractivity contribution in [1.82, 2.24) is 19.8 Å². The van der Waals surface area contributed by atoms with E-state index in [1.165, 1.54) is 0 Å². The smallest absolute Gasteiger partial charge is 0.249 e. The highest BCUT2D eigenvalue weighted by molar-refractivity contribution is 7.09. The summed E-state index contributed by atoms with van der Waals surface area (Å²) in [5.74, 6) is -0.225. The summed E-state index contributed by atoms with van der Waals surface area (Å²) in [5, 5.41) is 4.92. The summed E-state index contributed by atoms with van der Waals surface area (Å²) in [6.07, 6.45) is 3.34. The summed E-state index contributed by atoms with van der Waals surface area (Å²) in [6.45, 7) is 3.63. The summed E-state index contributed by atoms with van der Waals surface area (Å²) in [6, 6.07) is 3.46. The molecule has 2 amide bonds. The van der Waals surface area contributed by atoms with Crippen molar-refractivity contribution in [3.63, 3.8) is 0 Å². The molecule has 0 saturated heterocycles. The number of hydrogen-bond donors (Lipinski definition) is 1. The lowest BCUT2D eigenvalue weighted by atomic mass is 10.1. The van der Waals surface area contributed by atoms with Gasteiger partial charge in [0.2, 0.25) is 11.8 Å². The van der Waals surface area contributed by atoms with Crippen LogP contribution in [0.4, 0.5) is 0 Å². The van der Waals surface area contributed by atoms with Gasteiger partial charge in [-0.2, -0.15) is 0 Å². The normalized spacial score (nSPS) is 16.7. The Hall–Kier alpha value is -2.19. The van der Waals surface area contributed by atoms with Crippen molar-refractivity contribution >= 4 is 23.2 Å². The number of thiophene rings is 1. The molecule has 2 aromatic rings. The van der Waals surface area contributed by atoms with Crippen LogP contribution in [0.2, 0.25) is 0 Å². The van der Waals surface area contributed by atoms with Crippen LogP contribution in [0.1, 0.15) is 23.5 Å². The Kier molecular flexibility index (Phi) is 5.27. The first-order valence-electron chi connectivity index (χ1n) is 7.85. The molecule has 8 heteroatoms. The third kappa shape index (κ3) is 3.65. The summed E-state index contributed by atoms with van der Waals surface area (Å²) >= 11 is 1.60. The van der Waals surface area contributed by atoms with Crippen LogP contribution < -0.4 is 5.32 Å². The van der Waals surface area contributed by atoms with E-state index in [-0.39, 0.29) is 18.4 Å². The maximum atomic E-state index is 12.6. The number of hydrogen-bond acceptors (Lipinski definition) is 5. The number of rotatable bonds is 6. The van der Waals surface area contributed by atoms with E-state index in [1.807, 2.05) is 29.0 Å². The van der Waals surface area contributed by atoms with Crippen LogP contribution in [0.15, 0.2) is 30.0 Å². The zero-order chi connectivity index (χ0) is 16.9. The number of aromatic nitrogens is 2. The molecular formula is C16H20N4O3S. The average molecular weight is 348 g/mol. The Labute approximate surface area is 144 Å². The van der Waals surface area contributed by atoms with Crippen LogP contribution in [-0.2, 0) is 27.4 Å². The van der Waals surface area contributed by atoms with Gasteiger partial charge >= 0.3 is 0 Å². The Morgan fingerprint density at radius 1 is 1.50 bits per heavy atom. The minimum absolute atomic E-state index is 0.0359.